The van der Waals surface area contributed by atoms with Gasteiger partial charge in [-0.3, -0.25) is 4.79 Å². The Morgan fingerprint density at radius 3 is 2.50 bits per heavy atom. The maximum Gasteiger partial charge on any atom is 0.231 e. The Hall–Kier alpha value is -3.61. The lowest BCUT2D eigenvalue weighted by atomic mass is 9.89. The fraction of sp³-hybridized carbons (Fsp3) is 0.217. The molecule has 7 heteroatoms. The molecule has 1 aromatic heterocycles. The van der Waals surface area contributed by atoms with Crippen molar-refractivity contribution in [2.75, 3.05) is 21.3 Å². The Morgan fingerprint density at radius 1 is 1.07 bits per heavy atom. The minimum absolute atomic E-state index is 0.181. The van der Waals surface area contributed by atoms with Crippen LogP contribution in [-0.2, 0) is 4.79 Å². The molecule has 0 fully saturated rings. The number of carbonyl (C=O) groups excluding carboxylic acids is 1. The second-order valence-corrected chi connectivity index (χ2v) is 6.84. The molecule has 1 amide bonds. The Bertz CT molecular complexity index is 1090. The van der Waals surface area contributed by atoms with E-state index in [0.717, 1.165) is 22.3 Å². The quantitative estimate of drug-likeness (QED) is 0.694. The lowest BCUT2D eigenvalue weighted by Crippen LogP contribution is -2.28. The van der Waals surface area contributed by atoms with Crippen molar-refractivity contribution in [3.8, 4) is 28.6 Å². The number of pyridine rings is 1. The highest BCUT2D eigenvalue weighted by Gasteiger charge is 2.40. The molecule has 0 aliphatic carbocycles. The first-order chi connectivity index (χ1) is 14.5. The van der Waals surface area contributed by atoms with Gasteiger partial charge in [-0.15, -0.1) is 0 Å². The third kappa shape index (κ3) is 3.43. The van der Waals surface area contributed by atoms with Gasteiger partial charge in [-0.1, -0.05) is 18.2 Å². The van der Waals surface area contributed by atoms with Crippen LogP contribution in [0.3, 0.4) is 0 Å². The normalized spacial score (nSPS) is 17.1. The third-order valence-electron chi connectivity index (χ3n) is 5.18. The van der Waals surface area contributed by atoms with E-state index >= 15 is 0 Å². The maximum absolute atomic E-state index is 13.4. The van der Waals surface area contributed by atoms with E-state index in [0.29, 0.717) is 17.5 Å². The van der Waals surface area contributed by atoms with E-state index in [9.17, 15) is 9.18 Å². The SMILES string of the molecule is CNC(=O)C1c2cc(-c3ccc(OC)nc3OC)ccc2OC1c1ccc(F)cc1. The number of nitrogens with one attached hydrogen (secondary N) is 1. The molecule has 1 aliphatic rings. The number of ether oxygens (including phenoxy) is 3. The van der Waals surface area contributed by atoms with Crippen LogP contribution in [0.15, 0.2) is 54.6 Å². The summed E-state index contributed by atoms with van der Waals surface area (Å²) in [4.78, 5) is 17.1. The summed E-state index contributed by atoms with van der Waals surface area (Å²) in [5.74, 6) is 0.376. The second kappa shape index (κ2) is 8.02. The van der Waals surface area contributed by atoms with Gasteiger partial charge in [-0.05, 0) is 41.5 Å². The van der Waals surface area contributed by atoms with Crippen LogP contribution in [0.4, 0.5) is 4.39 Å². The number of hydrogen-bond donors (Lipinski definition) is 1. The van der Waals surface area contributed by atoms with Crippen molar-refractivity contribution in [1.29, 1.82) is 0 Å². The number of halogens is 1. The van der Waals surface area contributed by atoms with E-state index in [1.165, 1.54) is 19.2 Å². The number of fused-ring (bicyclic) bond motifs is 1. The molecular weight excluding hydrogens is 387 g/mol. The van der Waals surface area contributed by atoms with E-state index in [1.807, 2.05) is 24.3 Å². The van der Waals surface area contributed by atoms with Crippen molar-refractivity contribution in [1.82, 2.24) is 10.3 Å². The van der Waals surface area contributed by atoms with E-state index < -0.39 is 12.0 Å². The number of rotatable bonds is 5. The van der Waals surface area contributed by atoms with Crippen LogP contribution in [0.2, 0.25) is 0 Å². The van der Waals surface area contributed by atoms with E-state index in [1.54, 1.807) is 32.4 Å². The Labute approximate surface area is 173 Å². The highest BCUT2D eigenvalue weighted by Crippen LogP contribution is 2.48. The average molecular weight is 408 g/mol. The summed E-state index contributed by atoms with van der Waals surface area (Å²) in [6, 6.07) is 15.2. The summed E-state index contributed by atoms with van der Waals surface area (Å²) in [5, 5.41) is 2.71. The number of hydrogen-bond acceptors (Lipinski definition) is 5. The molecule has 2 heterocycles. The number of carbonyl (C=O) groups is 1. The molecule has 2 aromatic carbocycles. The van der Waals surface area contributed by atoms with Crippen LogP contribution in [0, 0.1) is 5.82 Å². The summed E-state index contributed by atoms with van der Waals surface area (Å²) in [6.07, 6.45) is -0.549. The summed E-state index contributed by atoms with van der Waals surface area (Å²) < 4.78 is 30.1. The van der Waals surface area contributed by atoms with Crippen molar-refractivity contribution in [2.45, 2.75) is 12.0 Å². The van der Waals surface area contributed by atoms with Gasteiger partial charge in [0.1, 0.15) is 23.6 Å². The molecule has 2 unspecified atom stereocenters. The van der Waals surface area contributed by atoms with Crippen molar-refractivity contribution < 1.29 is 23.4 Å². The Kier molecular flexibility index (Phi) is 5.27. The van der Waals surface area contributed by atoms with Gasteiger partial charge in [0, 0.05) is 24.2 Å². The molecule has 6 nitrogen and oxygen atoms in total. The van der Waals surface area contributed by atoms with Crippen molar-refractivity contribution in [3.05, 3.63) is 71.5 Å². The topological polar surface area (TPSA) is 69.7 Å². The zero-order chi connectivity index (χ0) is 21.3. The largest absolute Gasteiger partial charge is 0.484 e. The summed E-state index contributed by atoms with van der Waals surface area (Å²) in [6.45, 7) is 0. The predicted octanol–water partition coefficient (Wildman–Crippen LogP) is 3.87. The molecule has 2 atom stereocenters. The van der Waals surface area contributed by atoms with Gasteiger partial charge < -0.3 is 19.5 Å². The second-order valence-electron chi connectivity index (χ2n) is 6.84. The lowest BCUT2D eigenvalue weighted by Gasteiger charge is -2.18. The molecule has 0 spiro atoms. The first-order valence-electron chi connectivity index (χ1n) is 9.42. The van der Waals surface area contributed by atoms with Crippen molar-refractivity contribution >= 4 is 5.91 Å². The molecule has 1 aliphatic heterocycles. The van der Waals surface area contributed by atoms with Gasteiger partial charge in [-0.2, -0.15) is 4.98 Å². The summed E-state index contributed by atoms with van der Waals surface area (Å²) in [5.41, 5.74) is 3.07. The van der Waals surface area contributed by atoms with Gasteiger partial charge in [0.05, 0.1) is 14.2 Å². The standard InChI is InChI=1S/C23H21FN2O4/c1-25-22(27)20-17-12-14(16-9-11-19(28-2)26-23(16)29-3)6-10-18(17)30-21(20)13-4-7-15(24)8-5-13/h4-12,20-21H,1-3H3,(H,25,27). The highest BCUT2D eigenvalue weighted by molar-refractivity contribution is 5.87. The summed E-state index contributed by atoms with van der Waals surface area (Å²) in [7, 11) is 4.67. The van der Waals surface area contributed by atoms with Crippen LogP contribution < -0.4 is 19.5 Å². The Balaban J connectivity index is 1.78. The fourth-order valence-electron chi connectivity index (χ4n) is 3.69. The van der Waals surface area contributed by atoms with E-state index in [-0.39, 0.29) is 11.7 Å². The summed E-state index contributed by atoms with van der Waals surface area (Å²) >= 11 is 0. The highest BCUT2D eigenvalue weighted by atomic mass is 19.1. The molecule has 0 saturated carbocycles. The zero-order valence-electron chi connectivity index (χ0n) is 16.8. The van der Waals surface area contributed by atoms with Gasteiger partial charge in [0.15, 0.2) is 0 Å². The number of aromatic nitrogens is 1. The van der Waals surface area contributed by atoms with Crippen molar-refractivity contribution in [3.63, 3.8) is 0 Å². The fourth-order valence-corrected chi connectivity index (χ4v) is 3.69. The number of likely N-dealkylation sites (N-methyl/N-ethyl adjacent to an activating group) is 1. The lowest BCUT2D eigenvalue weighted by molar-refractivity contribution is -0.123. The molecule has 0 radical (unpaired) electrons. The number of nitrogens with zero attached hydrogens (tertiary/aromatic N) is 1. The van der Waals surface area contributed by atoms with Crippen LogP contribution in [0.1, 0.15) is 23.1 Å². The molecule has 154 valence electrons. The van der Waals surface area contributed by atoms with Crippen LogP contribution in [-0.4, -0.2) is 32.2 Å². The van der Waals surface area contributed by atoms with Gasteiger partial charge >= 0.3 is 0 Å². The maximum atomic E-state index is 13.4. The van der Waals surface area contributed by atoms with E-state index in [2.05, 4.69) is 10.3 Å². The number of methoxy groups -OCH3 is 2. The molecule has 0 saturated heterocycles. The molecular formula is C23H21FN2O4. The van der Waals surface area contributed by atoms with Gasteiger partial charge in [-0.25, -0.2) is 4.39 Å². The average Bonchev–Trinajstić information content (AvgIpc) is 3.17. The van der Waals surface area contributed by atoms with E-state index in [4.69, 9.17) is 14.2 Å². The number of benzene rings is 2. The van der Waals surface area contributed by atoms with Crippen LogP contribution in [0.5, 0.6) is 17.5 Å². The first kappa shape index (κ1) is 19.7. The first-order valence-corrected chi connectivity index (χ1v) is 9.42. The zero-order valence-corrected chi connectivity index (χ0v) is 16.8. The molecule has 3 aromatic rings. The smallest absolute Gasteiger partial charge is 0.231 e. The van der Waals surface area contributed by atoms with Crippen LogP contribution in [0.25, 0.3) is 11.1 Å². The molecule has 4 rings (SSSR count). The van der Waals surface area contributed by atoms with Gasteiger partial charge in [0.25, 0.3) is 0 Å². The predicted molar refractivity (Wildman–Crippen MR) is 109 cm³/mol. The number of amides is 1. The molecule has 30 heavy (non-hydrogen) atoms. The molecule has 0 bridgehead atoms. The monoisotopic (exact) mass is 408 g/mol. The molecule has 1 N–H and O–H groups in total. The third-order valence-corrected chi connectivity index (χ3v) is 5.18. The minimum atomic E-state index is -0.576. The van der Waals surface area contributed by atoms with Crippen molar-refractivity contribution in [2.24, 2.45) is 0 Å². The van der Waals surface area contributed by atoms with Gasteiger partial charge in [0.2, 0.25) is 17.7 Å². The Morgan fingerprint density at radius 2 is 1.83 bits per heavy atom. The minimum Gasteiger partial charge on any atom is -0.484 e. The van der Waals surface area contributed by atoms with Crippen LogP contribution >= 0.6 is 0 Å².